The number of aliphatic hydroxyl groups excluding tert-OH is 1. The lowest BCUT2D eigenvalue weighted by Gasteiger charge is -2.24. The van der Waals surface area contributed by atoms with Crippen LogP contribution in [0.5, 0.6) is 0 Å². The van der Waals surface area contributed by atoms with Crippen LogP contribution >= 0.6 is 0 Å². The molecule has 20 heavy (non-hydrogen) atoms. The summed E-state index contributed by atoms with van der Waals surface area (Å²) in [4.78, 5) is 15.8. The van der Waals surface area contributed by atoms with Gasteiger partial charge in [0.05, 0.1) is 0 Å². The van der Waals surface area contributed by atoms with Crippen molar-refractivity contribution in [2.75, 3.05) is 26.7 Å². The van der Waals surface area contributed by atoms with Crippen LogP contribution in [0.2, 0.25) is 0 Å². The summed E-state index contributed by atoms with van der Waals surface area (Å²) < 4.78 is 0. The highest BCUT2D eigenvalue weighted by atomic mass is 16.2. The van der Waals surface area contributed by atoms with E-state index in [1.54, 1.807) is 4.90 Å². The monoisotopic (exact) mass is 272 g/mol. The zero-order valence-electron chi connectivity index (χ0n) is 11.8. The summed E-state index contributed by atoms with van der Waals surface area (Å²) in [5.74, 6) is 5.51. The Labute approximate surface area is 120 Å². The molecular formula is C16H20N2O2. The predicted molar refractivity (Wildman–Crippen MR) is 78.1 cm³/mol. The molecule has 0 bridgehead atoms. The fraction of sp³-hybridized carbons (Fsp3) is 0.438. The highest BCUT2D eigenvalue weighted by molar-refractivity contribution is 5.74. The summed E-state index contributed by atoms with van der Waals surface area (Å²) in [5, 5.41) is 8.70. The lowest BCUT2D eigenvalue weighted by molar-refractivity contribution is 0.171. The van der Waals surface area contributed by atoms with Gasteiger partial charge >= 0.3 is 6.03 Å². The first-order valence-corrected chi connectivity index (χ1v) is 6.89. The smallest absolute Gasteiger partial charge is 0.320 e. The number of hydrogen-bond acceptors (Lipinski definition) is 2. The lowest BCUT2D eigenvalue weighted by atomic mass is 10.1. The number of rotatable bonds is 2. The van der Waals surface area contributed by atoms with Crippen LogP contribution in [0.1, 0.15) is 24.0 Å². The minimum atomic E-state index is -0.141. The Morgan fingerprint density at radius 2 is 2.15 bits per heavy atom. The molecule has 0 radical (unpaired) electrons. The van der Waals surface area contributed by atoms with E-state index in [1.165, 1.54) is 0 Å². The highest BCUT2D eigenvalue weighted by Crippen LogP contribution is 2.12. The van der Waals surface area contributed by atoms with Crippen LogP contribution < -0.4 is 0 Å². The van der Waals surface area contributed by atoms with Crippen LogP contribution in [0.4, 0.5) is 4.79 Å². The van der Waals surface area contributed by atoms with Gasteiger partial charge in [-0.15, -0.1) is 0 Å². The van der Waals surface area contributed by atoms with Gasteiger partial charge in [-0.25, -0.2) is 4.79 Å². The summed E-state index contributed by atoms with van der Waals surface area (Å²) in [7, 11) is 1.83. The van der Waals surface area contributed by atoms with E-state index >= 15 is 0 Å². The Hall–Kier alpha value is -1.99. The first-order valence-electron chi connectivity index (χ1n) is 6.89. The minimum absolute atomic E-state index is 0.0920. The number of likely N-dealkylation sites (tertiary alicyclic amines) is 1. The van der Waals surface area contributed by atoms with Crippen LogP contribution in [0.15, 0.2) is 24.3 Å². The van der Waals surface area contributed by atoms with Gasteiger partial charge in [0.2, 0.25) is 0 Å². The average molecular weight is 272 g/mol. The van der Waals surface area contributed by atoms with Gasteiger partial charge in [0.25, 0.3) is 0 Å². The van der Waals surface area contributed by atoms with Gasteiger partial charge in [-0.2, -0.15) is 0 Å². The SMILES string of the molecule is CN(Cc1cccc(C#CCO)c1)C(=O)N1CCCC1. The van der Waals surface area contributed by atoms with Crippen LogP contribution in [0, 0.1) is 11.8 Å². The van der Waals surface area contributed by atoms with Crippen molar-refractivity contribution >= 4 is 6.03 Å². The molecule has 1 heterocycles. The van der Waals surface area contributed by atoms with Crippen molar-refractivity contribution in [3.05, 3.63) is 35.4 Å². The van der Waals surface area contributed by atoms with Crippen LogP contribution in [0.3, 0.4) is 0 Å². The molecule has 2 rings (SSSR count). The van der Waals surface area contributed by atoms with E-state index in [0.717, 1.165) is 37.1 Å². The van der Waals surface area contributed by atoms with Gasteiger partial charge in [-0.05, 0) is 30.5 Å². The predicted octanol–water partition coefficient (Wildman–Crippen LogP) is 1.68. The second kappa shape index (κ2) is 6.97. The largest absolute Gasteiger partial charge is 0.384 e. The summed E-state index contributed by atoms with van der Waals surface area (Å²) in [6.45, 7) is 2.16. The molecule has 0 atom stereocenters. The second-order valence-electron chi connectivity index (χ2n) is 4.99. The molecule has 4 nitrogen and oxygen atoms in total. The number of benzene rings is 1. The second-order valence-corrected chi connectivity index (χ2v) is 4.99. The van der Waals surface area contributed by atoms with Crippen molar-refractivity contribution in [3.63, 3.8) is 0 Å². The molecule has 4 heteroatoms. The molecule has 106 valence electrons. The van der Waals surface area contributed by atoms with Crippen LogP contribution in [-0.2, 0) is 6.54 Å². The summed E-state index contributed by atoms with van der Waals surface area (Å²) >= 11 is 0. The number of hydrogen-bond donors (Lipinski definition) is 1. The van der Waals surface area contributed by atoms with Crippen LogP contribution in [-0.4, -0.2) is 47.7 Å². The molecule has 0 spiro atoms. The van der Waals surface area contributed by atoms with Gasteiger partial charge in [0.1, 0.15) is 6.61 Å². The van der Waals surface area contributed by atoms with Crippen molar-refractivity contribution in [1.82, 2.24) is 9.80 Å². The third kappa shape index (κ3) is 3.75. The maximum atomic E-state index is 12.2. The van der Waals surface area contributed by atoms with Crippen LogP contribution in [0.25, 0.3) is 0 Å². The van der Waals surface area contributed by atoms with Gasteiger partial charge in [-0.1, -0.05) is 24.0 Å². The normalized spacial score (nSPS) is 13.8. The minimum Gasteiger partial charge on any atom is -0.384 e. The molecule has 0 aromatic heterocycles. The van der Waals surface area contributed by atoms with E-state index in [1.807, 2.05) is 36.2 Å². The Morgan fingerprint density at radius 1 is 1.40 bits per heavy atom. The Kier molecular flexibility index (Phi) is 5.03. The first kappa shape index (κ1) is 14.4. The molecule has 1 fully saturated rings. The van der Waals surface area contributed by atoms with Crippen molar-refractivity contribution in [2.24, 2.45) is 0 Å². The Morgan fingerprint density at radius 3 is 2.85 bits per heavy atom. The van der Waals surface area contributed by atoms with E-state index in [-0.39, 0.29) is 12.6 Å². The number of aliphatic hydroxyl groups is 1. The maximum Gasteiger partial charge on any atom is 0.320 e. The van der Waals surface area contributed by atoms with Crippen molar-refractivity contribution < 1.29 is 9.90 Å². The molecule has 1 N–H and O–H groups in total. The standard InChI is InChI=1S/C16H20N2O2/c1-17(16(20)18-9-2-3-10-18)13-15-7-4-6-14(12-15)8-5-11-19/h4,6-7,12,19H,2-3,9-11,13H2,1H3. The molecule has 1 saturated heterocycles. The fourth-order valence-corrected chi connectivity index (χ4v) is 2.38. The molecule has 2 amide bonds. The third-order valence-corrected chi connectivity index (χ3v) is 3.36. The average Bonchev–Trinajstić information content (AvgIpc) is 2.98. The molecule has 0 aliphatic carbocycles. The summed E-state index contributed by atoms with van der Waals surface area (Å²) in [5.41, 5.74) is 1.91. The van der Waals surface area contributed by atoms with E-state index in [4.69, 9.17) is 5.11 Å². The number of nitrogens with zero attached hydrogens (tertiary/aromatic N) is 2. The number of carbonyl (C=O) groups excluding carboxylic acids is 1. The quantitative estimate of drug-likeness (QED) is 0.832. The molecular weight excluding hydrogens is 252 g/mol. The molecule has 0 unspecified atom stereocenters. The van der Waals surface area contributed by atoms with E-state index in [2.05, 4.69) is 11.8 Å². The van der Waals surface area contributed by atoms with Crippen molar-refractivity contribution in [1.29, 1.82) is 0 Å². The zero-order chi connectivity index (χ0) is 14.4. The highest BCUT2D eigenvalue weighted by Gasteiger charge is 2.21. The van der Waals surface area contributed by atoms with Gasteiger partial charge in [0, 0.05) is 32.2 Å². The lowest BCUT2D eigenvalue weighted by Crippen LogP contribution is -2.38. The summed E-state index contributed by atoms with van der Waals surface area (Å²) in [6, 6.07) is 7.85. The number of amides is 2. The zero-order valence-corrected chi connectivity index (χ0v) is 11.8. The third-order valence-electron chi connectivity index (χ3n) is 3.36. The number of carbonyl (C=O) groups is 1. The van der Waals surface area contributed by atoms with Gasteiger partial charge in [-0.3, -0.25) is 0 Å². The topological polar surface area (TPSA) is 43.8 Å². The van der Waals surface area contributed by atoms with E-state index < -0.39 is 0 Å². The maximum absolute atomic E-state index is 12.2. The molecule has 1 aliphatic rings. The van der Waals surface area contributed by atoms with Crippen molar-refractivity contribution in [3.8, 4) is 11.8 Å². The van der Waals surface area contributed by atoms with Crippen molar-refractivity contribution in [2.45, 2.75) is 19.4 Å². The molecule has 1 aromatic rings. The fourth-order valence-electron chi connectivity index (χ4n) is 2.38. The molecule has 1 aliphatic heterocycles. The van der Waals surface area contributed by atoms with E-state index in [9.17, 15) is 4.79 Å². The number of urea groups is 1. The molecule has 1 aromatic carbocycles. The Bertz CT molecular complexity index is 525. The summed E-state index contributed by atoms with van der Waals surface area (Å²) in [6.07, 6.45) is 2.21. The van der Waals surface area contributed by atoms with Gasteiger partial charge in [0.15, 0.2) is 0 Å². The van der Waals surface area contributed by atoms with E-state index in [0.29, 0.717) is 6.54 Å². The Balaban J connectivity index is 1.99. The first-order chi connectivity index (χ1) is 9.70. The molecule has 0 saturated carbocycles. The van der Waals surface area contributed by atoms with Gasteiger partial charge < -0.3 is 14.9 Å².